The van der Waals surface area contributed by atoms with E-state index < -0.39 is 34.4 Å². The number of carbonyl (C=O) groups excluding carboxylic acids is 2. The van der Waals surface area contributed by atoms with E-state index in [4.69, 9.17) is 4.74 Å². The lowest BCUT2D eigenvalue weighted by atomic mass is 10.1. The Hall–Kier alpha value is -2.67. The molecule has 0 bridgehead atoms. The average molecular weight is 416 g/mol. The number of ether oxygens (including phenoxy) is 1. The maximum absolute atomic E-state index is 12.9. The van der Waals surface area contributed by atoms with Crippen LogP contribution in [0, 0.1) is 13.8 Å². The van der Waals surface area contributed by atoms with Gasteiger partial charge in [-0.3, -0.25) is 4.79 Å². The molecule has 1 fully saturated rings. The Balaban J connectivity index is 1.71. The van der Waals surface area contributed by atoms with Crippen LogP contribution in [0.5, 0.6) is 0 Å². The molecule has 1 saturated heterocycles. The number of carbonyl (C=O) groups is 2. The summed E-state index contributed by atoms with van der Waals surface area (Å²) in [4.78, 5) is 26.8. The van der Waals surface area contributed by atoms with E-state index in [2.05, 4.69) is 0 Å². The highest BCUT2D eigenvalue weighted by molar-refractivity contribution is 7.91. The molecular weight excluding hydrogens is 390 g/mol. The Kier molecular flexibility index (Phi) is 6.37. The van der Waals surface area contributed by atoms with Crippen molar-refractivity contribution in [3.8, 4) is 0 Å². The van der Waals surface area contributed by atoms with Crippen molar-refractivity contribution in [1.82, 2.24) is 4.90 Å². The standard InChI is InChI=1S/C22H25NO5S/c1-16-10-17(2)12-19(11-16)22(25)28-14-21(24)23(13-18-6-4-3-5-7-18)20-8-9-29(26,27)15-20/h3-7,10-12,20H,8-9,13-15H2,1-2H3/t20-/m1/s1. The molecule has 3 rings (SSSR count). The smallest absolute Gasteiger partial charge is 0.338 e. The van der Waals surface area contributed by atoms with E-state index in [1.54, 1.807) is 12.1 Å². The van der Waals surface area contributed by atoms with Crippen LogP contribution in [0.1, 0.15) is 33.5 Å². The summed E-state index contributed by atoms with van der Waals surface area (Å²) in [6.07, 6.45) is 0.395. The monoisotopic (exact) mass is 415 g/mol. The number of rotatable bonds is 6. The lowest BCUT2D eigenvalue weighted by Crippen LogP contribution is -2.42. The average Bonchev–Trinajstić information content (AvgIpc) is 3.03. The van der Waals surface area contributed by atoms with Crippen LogP contribution >= 0.6 is 0 Å². The van der Waals surface area contributed by atoms with Gasteiger partial charge >= 0.3 is 5.97 Å². The summed E-state index contributed by atoms with van der Waals surface area (Å²) in [5.41, 5.74) is 3.16. The predicted octanol–water partition coefficient (Wildman–Crippen LogP) is 2.68. The fourth-order valence-corrected chi connectivity index (χ4v) is 5.34. The van der Waals surface area contributed by atoms with Crippen LogP contribution in [-0.4, -0.2) is 49.3 Å². The summed E-state index contributed by atoms with van der Waals surface area (Å²) in [5.74, 6) is -0.952. The Morgan fingerprint density at radius 2 is 1.72 bits per heavy atom. The molecule has 1 amide bonds. The van der Waals surface area contributed by atoms with Crippen LogP contribution in [-0.2, 0) is 25.9 Å². The predicted molar refractivity (Wildman–Crippen MR) is 110 cm³/mol. The van der Waals surface area contributed by atoms with Crippen LogP contribution in [0.15, 0.2) is 48.5 Å². The summed E-state index contributed by atoms with van der Waals surface area (Å²) in [7, 11) is -3.15. The van der Waals surface area contributed by atoms with Gasteiger partial charge < -0.3 is 9.64 Å². The van der Waals surface area contributed by atoms with Crippen molar-refractivity contribution in [2.24, 2.45) is 0 Å². The van der Waals surface area contributed by atoms with Crippen LogP contribution in [0.25, 0.3) is 0 Å². The summed E-state index contributed by atoms with van der Waals surface area (Å²) >= 11 is 0. The van der Waals surface area contributed by atoms with E-state index in [0.29, 0.717) is 12.0 Å². The third-order valence-corrected chi connectivity index (χ3v) is 6.70. The molecule has 0 aliphatic carbocycles. The number of hydrogen-bond donors (Lipinski definition) is 0. The van der Waals surface area contributed by atoms with Crippen LogP contribution in [0.4, 0.5) is 0 Å². The molecular formula is C22H25NO5S. The van der Waals surface area contributed by atoms with Crippen molar-refractivity contribution in [3.63, 3.8) is 0 Å². The molecule has 2 aromatic rings. The Morgan fingerprint density at radius 3 is 2.31 bits per heavy atom. The second kappa shape index (κ2) is 8.78. The summed E-state index contributed by atoms with van der Waals surface area (Å²) in [6, 6.07) is 14.3. The molecule has 154 valence electrons. The fourth-order valence-electron chi connectivity index (χ4n) is 3.61. The first kappa shape index (κ1) is 21.0. The van der Waals surface area contributed by atoms with E-state index in [0.717, 1.165) is 16.7 Å². The number of hydrogen-bond acceptors (Lipinski definition) is 5. The molecule has 0 N–H and O–H groups in total. The van der Waals surface area contributed by atoms with Gasteiger partial charge in [0.1, 0.15) is 0 Å². The van der Waals surface area contributed by atoms with Crippen molar-refractivity contribution in [2.45, 2.75) is 32.9 Å². The fraction of sp³-hybridized carbons (Fsp3) is 0.364. The van der Waals surface area contributed by atoms with E-state index in [9.17, 15) is 18.0 Å². The maximum atomic E-state index is 12.9. The lowest BCUT2D eigenvalue weighted by Gasteiger charge is -2.28. The molecule has 1 aliphatic rings. The minimum absolute atomic E-state index is 0.0589. The van der Waals surface area contributed by atoms with E-state index in [1.165, 1.54) is 4.90 Å². The number of amides is 1. The largest absolute Gasteiger partial charge is 0.452 e. The first-order chi connectivity index (χ1) is 13.7. The van der Waals surface area contributed by atoms with Crippen molar-refractivity contribution < 1.29 is 22.7 Å². The van der Waals surface area contributed by atoms with Crippen molar-refractivity contribution in [2.75, 3.05) is 18.1 Å². The van der Waals surface area contributed by atoms with Gasteiger partial charge in [-0.2, -0.15) is 0 Å². The van der Waals surface area contributed by atoms with Crippen LogP contribution in [0.3, 0.4) is 0 Å². The molecule has 6 nitrogen and oxygen atoms in total. The van der Waals surface area contributed by atoms with Gasteiger partial charge in [0.05, 0.1) is 17.1 Å². The highest BCUT2D eigenvalue weighted by atomic mass is 32.2. The molecule has 0 spiro atoms. The zero-order valence-electron chi connectivity index (χ0n) is 16.6. The quantitative estimate of drug-likeness (QED) is 0.678. The van der Waals surface area contributed by atoms with Crippen molar-refractivity contribution >= 4 is 21.7 Å². The topological polar surface area (TPSA) is 80.8 Å². The summed E-state index contributed by atoms with van der Waals surface area (Å²) in [6.45, 7) is 3.63. The van der Waals surface area contributed by atoms with Gasteiger partial charge in [0, 0.05) is 12.6 Å². The van der Waals surface area contributed by atoms with Gasteiger partial charge in [-0.1, -0.05) is 47.5 Å². The van der Waals surface area contributed by atoms with Crippen molar-refractivity contribution in [1.29, 1.82) is 0 Å². The summed E-state index contributed by atoms with van der Waals surface area (Å²) in [5, 5.41) is 0. The zero-order valence-corrected chi connectivity index (χ0v) is 17.4. The molecule has 1 aliphatic heterocycles. The van der Waals surface area contributed by atoms with Crippen LogP contribution in [0.2, 0.25) is 0 Å². The molecule has 0 unspecified atom stereocenters. The SMILES string of the molecule is Cc1cc(C)cc(C(=O)OCC(=O)N(Cc2ccccc2)[C@@H]2CCS(=O)(=O)C2)c1. The molecule has 29 heavy (non-hydrogen) atoms. The number of benzene rings is 2. The molecule has 7 heteroatoms. The molecule has 0 radical (unpaired) electrons. The first-order valence-electron chi connectivity index (χ1n) is 9.53. The minimum Gasteiger partial charge on any atom is -0.452 e. The maximum Gasteiger partial charge on any atom is 0.338 e. The van der Waals surface area contributed by atoms with Gasteiger partial charge in [0.15, 0.2) is 16.4 Å². The number of esters is 1. The van der Waals surface area contributed by atoms with Gasteiger partial charge in [-0.25, -0.2) is 13.2 Å². The number of aryl methyl sites for hydroxylation is 2. The summed E-state index contributed by atoms with van der Waals surface area (Å²) < 4.78 is 29.1. The van der Waals surface area contributed by atoms with E-state index >= 15 is 0 Å². The lowest BCUT2D eigenvalue weighted by molar-refractivity contribution is -0.137. The normalized spacial score (nSPS) is 17.7. The van der Waals surface area contributed by atoms with Gasteiger partial charge in [-0.05, 0) is 38.0 Å². The van der Waals surface area contributed by atoms with Crippen LogP contribution < -0.4 is 0 Å². The zero-order chi connectivity index (χ0) is 21.0. The second-order valence-electron chi connectivity index (χ2n) is 7.52. The molecule has 0 saturated carbocycles. The number of nitrogens with zero attached hydrogens (tertiary/aromatic N) is 1. The van der Waals surface area contributed by atoms with E-state index in [-0.39, 0.29) is 18.1 Å². The van der Waals surface area contributed by atoms with Gasteiger partial charge in [0.2, 0.25) is 0 Å². The molecule has 1 heterocycles. The van der Waals surface area contributed by atoms with Gasteiger partial charge in [0.25, 0.3) is 5.91 Å². The molecule has 1 atom stereocenters. The second-order valence-corrected chi connectivity index (χ2v) is 9.75. The van der Waals surface area contributed by atoms with Crippen molar-refractivity contribution in [3.05, 3.63) is 70.8 Å². The third kappa shape index (κ3) is 5.67. The highest BCUT2D eigenvalue weighted by Crippen LogP contribution is 2.20. The Bertz CT molecular complexity index is 981. The Morgan fingerprint density at radius 1 is 1.07 bits per heavy atom. The first-order valence-corrected chi connectivity index (χ1v) is 11.3. The molecule has 0 aromatic heterocycles. The Labute approximate surface area is 171 Å². The third-order valence-electron chi connectivity index (χ3n) is 4.95. The minimum atomic E-state index is -3.15. The highest BCUT2D eigenvalue weighted by Gasteiger charge is 2.35. The number of sulfone groups is 1. The molecule has 2 aromatic carbocycles. The van der Waals surface area contributed by atoms with E-state index in [1.807, 2.05) is 50.2 Å². The van der Waals surface area contributed by atoms with Gasteiger partial charge in [-0.15, -0.1) is 0 Å².